The Kier molecular flexibility index (Phi) is 3.22. The van der Waals surface area contributed by atoms with Gasteiger partial charge in [0.15, 0.2) is 0 Å². The second kappa shape index (κ2) is 4.63. The van der Waals surface area contributed by atoms with Gasteiger partial charge in [-0.3, -0.25) is 4.79 Å². The molecule has 0 spiro atoms. The summed E-state index contributed by atoms with van der Waals surface area (Å²) in [6, 6.07) is 0. The van der Waals surface area contributed by atoms with Crippen molar-refractivity contribution in [3.8, 4) is 0 Å². The first-order valence-corrected chi connectivity index (χ1v) is 5.75. The van der Waals surface area contributed by atoms with Crippen LogP contribution in [-0.4, -0.2) is 28.1 Å². The Morgan fingerprint density at radius 3 is 3.06 bits per heavy atom. The lowest BCUT2D eigenvalue weighted by Gasteiger charge is -2.09. The van der Waals surface area contributed by atoms with E-state index in [4.69, 9.17) is 4.74 Å². The number of esters is 1. The summed E-state index contributed by atoms with van der Waals surface area (Å²) in [5.41, 5.74) is 2.25. The zero-order chi connectivity index (χ0) is 11.5. The van der Waals surface area contributed by atoms with E-state index < -0.39 is 0 Å². The Labute approximate surface area is 94.8 Å². The van der Waals surface area contributed by atoms with Crippen molar-refractivity contribution in [1.29, 1.82) is 0 Å². The van der Waals surface area contributed by atoms with Gasteiger partial charge in [0.05, 0.1) is 24.4 Å². The van der Waals surface area contributed by atoms with E-state index in [1.807, 2.05) is 4.68 Å². The number of hydrogen-bond acceptors (Lipinski definition) is 4. The maximum atomic E-state index is 11.5. The molecule has 1 aromatic rings. The van der Waals surface area contributed by atoms with Crippen molar-refractivity contribution in [2.45, 2.75) is 39.2 Å². The highest BCUT2D eigenvalue weighted by molar-refractivity contribution is 5.72. The monoisotopic (exact) mass is 223 g/mol. The van der Waals surface area contributed by atoms with Gasteiger partial charge in [0.1, 0.15) is 0 Å². The number of methoxy groups -OCH3 is 1. The molecule has 1 aliphatic rings. The second-order valence-corrected chi connectivity index (χ2v) is 4.11. The van der Waals surface area contributed by atoms with E-state index >= 15 is 0 Å². The van der Waals surface area contributed by atoms with Crippen LogP contribution in [-0.2, 0) is 28.9 Å². The van der Waals surface area contributed by atoms with E-state index in [-0.39, 0.29) is 11.9 Å². The third-order valence-electron chi connectivity index (χ3n) is 3.21. The van der Waals surface area contributed by atoms with Gasteiger partial charge >= 0.3 is 5.97 Å². The Bertz CT molecular complexity index is 387. The molecule has 0 amide bonds. The summed E-state index contributed by atoms with van der Waals surface area (Å²) in [5, 5.41) is 8.27. The lowest BCUT2D eigenvalue weighted by molar-refractivity contribution is -0.145. The van der Waals surface area contributed by atoms with Crippen LogP contribution in [0.2, 0.25) is 0 Å². The maximum absolute atomic E-state index is 11.5. The van der Waals surface area contributed by atoms with Gasteiger partial charge in [-0.15, -0.1) is 5.10 Å². The third-order valence-corrected chi connectivity index (χ3v) is 3.21. The summed E-state index contributed by atoms with van der Waals surface area (Å²) in [6.45, 7) is 2.84. The van der Waals surface area contributed by atoms with E-state index in [0.29, 0.717) is 0 Å². The van der Waals surface area contributed by atoms with E-state index in [2.05, 4.69) is 17.2 Å². The molecule has 0 saturated carbocycles. The van der Waals surface area contributed by atoms with Gasteiger partial charge in [-0.05, 0) is 25.7 Å². The average molecular weight is 223 g/mol. The smallest absolute Gasteiger partial charge is 0.308 e. The maximum Gasteiger partial charge on any atom is 0.308 e. The van der Waals surface area contributed by atoms with Crippen LogP contribution in [0.4, 0.5) is 0 Å². The van der Waals surface area contributed by atoms with Crippen LogP contribution >= 0.6 is 0 Å². The molecule has 5 heteroatoms. The fourth-order valence-electron chi connectivity index (χ4n) is 2.23. The Hall–Kier alpha value is -1.39. The molecule has 2 heterocycles. The molecular formula is C11H17N3O2. The summed E-state index contributed by atoms with van der Waals surface area (Å²) >= 11 is 0. The van der Waals surface area contributed by atoms with E-state index in [1.165, 1.54) is 12.8 Å². The summed E-state index contributed by atoms with van der Waals surface area (Å²) < 4.78 is 6.73. The van der Waals surface area contributed by atoms with Crippen molar-refractivity contribution in [2.24, 2.45) is 5.92 Å². The quantitative estimate of drug-likeness (QED) is 0.701. The predicted octanol–water partition coefficient (Wildman–Crippen LogP) is 0.966. The van der Waals surface area contributed by atoms with Crippen molar-refractivity contribution in [2.75, 3.05) is 7.11 Å². The number of hydrogen-bond donors (Lipinski definition) is 0. The minimum Gasteiger partial charge on any atom is -0.469 e. The largest absolute Gasteiger partial charge is 0.469 e. The van der Waals surface area contributed by atoms with Crippen molar-refractivity contribution >= 4 is 5.97 Å². The highest BCUT2D eigenvalue weighted by Gasteiger charge is 2.25. The zero-order valence-electron chi connectivity index (χ0n) is 9.77. The van der Waals surface area contributed by atoms with Gasteiger partial charge in [0.2, 0.25) is 0 Å². The number of nitrogens with zero attached hydrogens (tertiary/aromatic N) is 3. The molecular weight excluding hydrogens is 206 g/mol. The van der Waals surface area contributed by atoms with Gasteiger partial charge in [-0.25, -0.2) is 4.68 Å². The number of fused-ring (bicyclic) bond motifs is 1. The molecule has 0 fully saturated rings. The van der Waals surface area contributed by atoms with Gasteiger partial charge in [-0.1, -0.05) is 12.1 Å². The van der Waals surface area contributed by atoms with Crippen molar-refractivity contribution in [3.63, 3.8) is 0 Å². The van der Waals surface area contributed by atoms with Gasteiger partial charge < -0.3 is 4.74 Å². The molecule has 0 N–H and O–H groups in total. The molecule has 0 unspecified atom stereocenters. The van der Waals surface area contributed by atoms with Crippen molar-refractivity contribution < 1.29 is 9.53 Å². The molecule has 5 nitrogen and oxygen atoms in total. The van der Waals surface area contributed by atoms with E-state index in [1.54, 1.807) is 0 Å². The SMILES string of the molecule is CCc1nnn2c1CC[C@H](C(=O)OC)CC2. The summed E-state index contributed by atoms with van der Waals surface area (Å²) in [5.74, 6) is -0.0897. The highest BCUT2D eigenvalue weighted by Crippen LogP contribution is 2.22. The molecule has 1 aromatic heterocycles. The van der Waals surface area contributed by atoms with Gasteiger partial charge in [-0.2, -0.15) is 0 Å². The molecule has 0 radical (unpaired) electrons. The molecule has 1 atom stereocenters. The number of aryl methyl sites for hydroxylation is 2. The predicted molar refractivity (Wildman–Crippen MR) is 57.8 cm³/mol. The Morgan fingerprint density at radius 1 is 1.56 bits per heavy atom. The van der Waals surface area contributed by atoms with Crippen LogP contribution in [0.15, 0.2) is 0 Å². The molecule has 88 valence electrons. The molecule has 2 rings (SSSR count). The van der Waals surface area contributed by atoms with Gasteiger partial charge in [0.25, 0.3) is 0 Å². The molecule has 0 aliphatic carbocycles. The van der Waals surface area contributed by atoms with Crippen LogP contribution in [0.25, 0.3) is 0 Å². The highest BCUT2D eigenvalue weighted by atomic mass is 16.5. The van der Waals surface area contributed by atoms with Crippen LogP contribution in [0.3, 0.4) is 0 Å². The first-order valence-electron chi connectivity index (χ1n) is 5.75. The number of rotatable bonds is 2. The fourth-order valence-corrected chi connectivity index (χ4v) is 2.23. The van der Waals surface area contributed by atoms with Gasteiger partial charge in [0, 0.05) is 6.54 Å². The van der Waals surface area contributed by atoms with E-state index in [0.717, 1.165) is 37.9 Å². The van der Waals surface area contributed by atoms with Crippen molar-refractivity contribution in [1.82, 2.24) is 15.0 Å². The average Bonchev–Trinajstić information content (AvgIpc) is 2.59. The van der Waals surface area contributed by atoms with E-state index in [9.17, 15) is 4.79 Å². The van der Waals surface area contributed by atoms with Crippen LogP contribution in [0, 0.1) is 5.92 Å². The first kappa shape index (κ1) is 11.1. The second-order valence-electron chi connectivity index (χ2n) is 4.11. The summed E-state index contributed by atoms with van der Waals surface area (Å²) in [4.78, 5) is 11.5. The number of ether oxygens (including phenoxy) is 1. The lowest BCUT2D eigenvalue weighted by Crippen LogP contribution is -2.17. The Balaban J connectivity index is 2.13. The van der Waals surface area contributed by atoms with Crippen LogP contribution in [0.5, 0.6) is 0 Å². The third kappa shape index (κ3) is 1.94. The molecule has 16 heavy (non-hydrogen) atoms. The Morgan fingerprint density at radius 2 is 2.38 bits per heavy atom. The fraction of sp³-hybridized carbons (Fsp3) is 0.727. The molecule has 0 saturated heterocycles. The topological polar surface area (TPSA) is 57.0 Å². The van der Waals surface area contributed by atoms with Crippen LogP contribution < -0.4 is 0 Å². The first-order chi connectivity index (χ1) is 7.76. The van der Waals surface area contributed by atoms with Crippen molar-refractivity contribution in [3.05, 3.63) is 11.4 Å². The molecule has 1 aliphatic heterocycles. The summed E-state index contributed by atoms with van der Waals surface area (Å²) in [7, 11) is 1.45. The minimum absolute atomic E-state index is 0.0106. The molecule has 0 bridgehead atoms. The summed E-state index contributed by atoms with van der Waals surface area (Å²) in [6.07, 6.45) is 3.41. The number of aromatic nitrogens is 3. The standard InChI is InChI=1S/C11H17N3O2/c1-3-9-10-5-4-8(11(15)16-2)6-7-14(10)13-12-9/h8H,3-7H2,1-2H3/t8-/m0/s1. The lowest BCUT2D eigenvalue weighted by atomic mass is 9.99. The molecule has 0 aromatic carbocycles. The minimum atomic E-state index is -0.100. The number of carbonyl (C=O) groups excluding carboxylic acids is 1. The zero-order valence-corrected chi connectivity index (χ0v) is 9.77. The number of carbonyl (C=O) groups is 1. The van der Waals surface area contributed by atoms with Crippen LogP contribution in [0.1, 0.15) is 31.2 Å². The normalized spacial score (nSPS) is 20.0.